The molecule has 0 unspecified atom stereocenters. The summed E-state index contributed by atoms with van der Waals surface area (Å²) in [6.07, 6.45) is 0. The van der Waals surface area contributed by atoms with Crippen LogP contribution in [0.4, 0.5) is 5.69 Å². The van der Waals surface area contributed by atoms with Crippen molar-refractivity contribution in [3.05, 3.63) is 51.0 Å². The molecule has 96 valence electrons. The number of rotatable bonds is 1. The van der Waals surface area contributed by atoms with Crippen LogP contribution in [0.2, 0.25) is 0 Å². The van der Waals surface area contributed by atoms with Crippen molar-refractivity contribution in [2.75, 3.05) is 19.0 Å². The molecule has 0 aliphatic carbocycles. The largest absolute Gasteiger partial charge is 0.378 e. The van der Waals surface area contributed by atoms with Gasteiger partial charge in [-0.05, 0) is 29.0 Å². The second-order valence-electron chi connectivity index (χ2n) is 4.70. The fraction of sp³-hybridized carbons (Fsp3) is 0.143. The number of hydrogen-bond donors (Lipinski definition) is 2. The lowest BCUT2D eigenvalue weighted by atomic mass is 10.0. The minimum Gasteiger partial charge on any atom is -0.378 e. The molecule has 5 heteroatoms. The predicted octanol–water partition coefficient (Wildman–Crippen LogP) is 1.44. The van der Waals surface area contributed by atoms with Gasteiger partial charge in [0.1, 0.15) is 0 Å². The van der Waals surface area contributed by atoms with Gasteiger partial charge in [0, 0.05) is 19.8 Å². The van der Waals surface area contributed by atoms with Gasteiger partial charge in [-0.2, -0.15) is 0 Å². The third kappa shape index (κ3) is 1.71. The second-order valence-corrected chi connectivity index (χ2v) is 4.70. The van der Waals surface area contributed by atoms with Crippen molar-refractivity contribution in [3.63, 3.8) is 0 Å². The maximum atomic E-state index is 12.0. The van der Waals surface area contributed by atoms with E-state index >= 15 is 0 Å². The molecule has 0 saturated heterocycles. The van der Waals surface area contributed by atoms with Gasteiger partial charge < -0.3 is 4.90 Å². The zero-order chi connectivity index (χ0) is 13.6. The van der Waals surface area contributed by atoms with Gasteiger partial charge in [0.25, 0.3) is 11.1 Å². The average molecular weight is 255 g/mol. The molecule has 0 aliphatic heterocycles. The molecule has 2 N–H and O–H groups in total. The smallest absolute Gasteiger partial charge is 0.271 e. The monoisotopic (exact) mass is 255 g/mol. The van der Waals surface area contributed by atoms with E-state index in [2.05, 4.69) is 10.2 Å². The Labute approximate surface area is 108 Å². The first-order valence-corrected chi connectivity index (χ1v) is 5.92. The number of nitrogens with zero attached hydrogens (tertiary/aromatic N) is 1. The molecule has 0 atom stereocenters. The van der Waals surface area contributed by atoms with Gasteiger partial charge in [0.05, 0.1) is 10.8 Å². The normalized spacial score (nSPS) is 11.1. The molecule has 1 aromatic heterocycles. The SMILES string of the molecule is CN(C)c1ccc2ccc3c(=O)[nH][nH]c(=O)c3c2c1. The summed E-state index contributed by atoms with van der Waals surface area (Å²) >= 11 is 0. The Morgan fingerprint density at radius 2 is 1.58 bits per heavy atom. The highest BCUT2D eigenvalue weighted by Crippen LogP contribution is 2.25. The molecular formula is C14H13N3O2. The first kappa shape index (κ1) is 11.5. The van der Waals surface area contributed by atoms with Crippen molar-refractivity contribution in [3.8, 4) is 0 Å². The van der Waals surface area contributed by atoms with Crippen molar-refractivity contribution in [2.45, 2.75) is 0 Å². The summed E-state index contributed by atoms with van der Waals surface area (Å²) in [5.74, 6) is 0. The summed E-state index contributed by atoms with van der Waals surface area (Å²) in [4.78, 5) is 25.7. The van der Waals surface area contributed by atoms with Crippen molar-refractivity contribution in [1.82, 2.24) is 10.2 Å². The van der Waals surface area contributed by atoms with Crippen LogP contribution in [-0.2, 0) is 0 Å². The zero-order valence-electron chi connectivity index (χ0n) is 10.7. The van der Waals surface area contributed by atoms with Crippen LogP contribution < -0.4 is 16.0 Å². The first-order chi connectivity index (χ1) is 9.08. The van der Waals surface area contributed by atoms with E-state index in [1.165, 1.54) is 0 Å². The predicted molar refractivity (Wildman–Crippen MR) is 77.0 cm³/mol. The van der Waals surface area contributed by atoms with Crippen LogP contribution in [0.3, 0.4) is 0 Å². The lowest BCUT2D eigenvalue weighted by Crippen LogP contribution is -2.19. The highest BCUT2D eigenvalue weighted by Gasteiger charge is 2.08. The van der Waals surface area contributed by atoms with Crippen LogP contribution in [0.1, 0.15) is 0 Å². The number of hydrogen-bond acceptors (Lipinski definition) is 3. The Morgan fingerprint density at radius 3 is 2.32 bits per heavy atom. The molecule has 0 aliphatic rings. The molecule has 0 radical (unpaired) electrons. The van der Waals surface area contributed by atoms with E-state index in [1.54, 1.807) is 6.07 Å². The van der Waals surface area contributed by atoms with E-state index in [-0.39, 0.29) is 11.1 Å². The first-order valence-electron chi connectivity index (χ1n) is 5.92. The molecule has 2 aromatic carbocycles. The third-order valence-electron chi connectivity index (χ3n) is 3.28. The molecule has 0 bridgehead atoms. The molecule has 0 spiro atoms. The minimum atomic E-state index is -0.285. The van der Waals surface area contributed by atoms with Crippen molar-refractivity contribution >= 4 is 27.2 Å². The molecule has 0 amide bonds. The Kier molecular flexibility index (Phi) is 2.41. The number of anilines is 1. The molecule has 3 rings (SSSR count). The second kappa shape index (κ2) is 3.98. The van der Waals surface area contributed by atoms with Crippen LogP contribution in [-0.4, -0.2) is 24.3 Å². The average Bonchev–Trinajstić information content (AvgIpc) is 2.41. The minimum absolute atomic E-state index is 0.281. The number of benzene rings is 2. The highest BCUT2D eigenvalue weighted by atomic mass is 16.1. The van der Waals surface area contributed by atoms with Crippen LogP contribution in [0, 0.1) is 0 Å². The van der Waals surface area contributed by atoms with Gasteiger partial charge in [-0.3, -0.25) is 19.8 Å². The lowest BCUT2D eigenvalue weighted by Gasteiger charge is -2.13. The van der Waals surface area contributed by atoms with Crippen LogP contribution in [0.15, 0.2) is 39.9 Å². The molecule has 0 saturated carbocycles. The fourth-order valence-electron chi connectivity index (χ4n) is 2.26. The van der Waals surface area contributed by atoms with Crippen molar-refractivity contribution in [2.24, 2.45) is 0 Å². The van der Waals surface area contributed by atoms with Gasteiger partial charge in [-0.15, -0.1) is 0 Å². The lowest BCUT2D eigenvalue weighted by molar-refractivity contribution is 0.978. The summed E-state index contributed by atoms with van der Waals surface area (Å²) in [6.45, 7) is 0. The highest BCUT2D eigenvalue weighted by molar-refractivity contribution is 6.07. The molecular weight excluding hydrogens is 242 g/mol. The Bertz CT molecular complexity index is 890. The van der Waals surface area contributed by atoms with Gasteiger partial charge in [0.15, 0.2) is 0 Å². The maximum Gasteiger partial charge on any atom is 0.271 e. The summed E-state index contributed by atoms with van der Waals surface area (Å²) in [6, 6.07) is 9.39. The maximum absolute atomic E-state index is 12.0. The van der Waals surface area contributed by atoms with Crippen molar-refractivity contribution < 1.29 is 0 Å². The van der Waals surface area contributed by atoms with E-state index in [0.29, 0.717) is 10.8 Å². The quantitative estimate of drug-likeness (QED) is 0.646. The molecule has 1 heterocycles. The molecule has 5 nitrogen and oxygen atoms in total. The topological polar surface area (TPSA) is 69.0 Å². The summed E-state index contributed by atoms with van der Waals surface area (Å²) < 4.78 is 0. The summed E-state index contributed by atoms with van der Waals surface area (Å²) in [5.41, 5.74) is 0.419. The number of H-pyrrole nitrogens is 2. The van der Waals surface area contributed by atoms with Crippen LogP contribution >= 0.6 is 0 Å². The Balaban J connectivity index is 2.57. The van der Waals surface area contributed by atoms with Gasteiger partial charge >= 0.3 is 0 Å². The van der Waals surface area contributed by atoms with Crippen LogP contribution in [0.5, 0.6) is 0 Å². The number of nitrogens with one attached hydrogen (secondary N) is 2. The number of aromatic nitrogens is 2. The fourth-order valence-corrected chi connectivity index (χ4v) is 2.26. The summed E-state index contributed by atoms with van der Waals surface area (Å²) in [7, 11) is 3.87. The third-order valence-corrected chi connectivity index (χ3v) is 3.28. The molecule has 3 aromatic rings. The Morgan fingerprint density at radius 1 is 0.895 bits per heavy atom. The van der Waals surface area contributed by atoms with E-state index in [1.807, 2.05) is 43.3 Å². The Hall–Kier alpha value is -2.56. The standard InChI is InChI=1S/C14H13N3O2/c1-17(2)9-5-3-8-4-6-10-12(11(8)7-9)14(19)16-15-13(10)18/h3-7H,1-2H3,(H,15,18)(H,16,19). The van der Waals surface area contributed by atoms with Crippen molar-refractivity contribution in [1.29, 1.82) is 0 Å². The number of fused-ring (bicyclic) bond motifs is 3. The summed E-state index contributed by atoms with van der Waals surface area (Å²) in [5, 5.41) is 7.29. The van der Waals surface area contributed by atoms with Gasteiger partial charge in [0.2, 0.25) is 0 Å². The van der Waals surface area contributed by atoms with E-state index < -0.39 is 0 Å². The van der Waals surface area contributed by atoms with E-state index in [0.717, 1.165) is 16.5 Å². The van der Waals surface area contributed by atoms with Gasteiger partial charge in [-0.1, -0.05) is 12.1 Å². The molecule has 0 fully saturated rings. The van der Waals surface area contributed by atoms with Crippen LogP contribution in [0.25, 0.3) is 21.5 Å². The van der Waals surface area contributed by atoms with Gasteiger partial charge in [-0.25, -0.2) is 0 Å². The van der Waals surface area contributed by atoms with E-state index in [4.69, 9.17) is 0 Å². The van der Waals surface area contributed by atoms with E-state index in [9.17, 15) is 9.59 Å². The molecule has 19 heavy (non-hydrogen) atoms. The zero-order valence-corrected chi connectivity index (χ0v) is 10.7. The number of aromatic amines is 2.